The summed E-state index contributed by atoms with van der Waals surface area (Å²) in [6, 6.07) is 9.62. The van der Waals surface area contributed by atoms with Gasteiger partial charge in [0, 0.05) is 30.2 Å². The number of likely N-dealkylation sites (tertiary alicyclic amines) is 1. The van der Waals surface area contributed by atoms with Crippen molar-refractivity contribution in [1.82, 2.24) is 9.47 Å². The van der Waals surface area contributed by atoms with Gasteiger partial charge >= 0.3 is 0 Å². The van der Waals surface area contributed by atoms with Crippen molar-refractivity contribution in [3.05, 3.63) is 45.6 Å². The van der Waals surface area contributed by atoms with Gasteiger partial charge in [-0.1, -0.05) is 18.2 Å². The standard InChI is InChI=1S/C17H16N2O2S/c1-18-13-7-3-2-6-11(13)15-12(16(18)20)10-14(22-15)17(21)19-8-4-5-9-19/h2-3,6-7,10H,4-5,8-9H2,1H3. The van der Waals surface area contributed by atoms with E-state index in [-0.39, 0.29) is 11.5 Å². The number of aromatic nitrogens is 1. The van der Waals surface area contributed by atoms with Crippen LogP contribution < -0.4 is 5.56 Å². The molecule has 0 radical (unpaired) electrons. The van der Waals surface area contributed by atoms with Crippen LogP contribution in [0, 0.1) is 0 Å². The highest BCUT2D eigenvalue weighted by Crippen LogP contribution is 2.31. The van der Waals surface area contributed by atoms with Gasteiger partial charge in [0.25, 0.3) is 11.5 Å². The van der Waals surface area contributed by atoms with Crippen molar-refractivity contribution in [2.45, 2.75) is 12.8 Å². The normalized spacial score (nSPS) is 15.0. The molecule has 22 heavy (non-hydrogen) atoms. The number of para-hydroxylation sites is 1. The van der Waals surface area contributed by atoms with Gasteiger partial charge in [-0.15, -0.1) is 11.3 Å². The van der Waals surface area contributed by atoms with E-state index in [4.69, 9.17) is 0 Å². The minimum absolute atomic E-state index is 0.0366. The monoisotopic (exact) mass is 312 g/mol. The molecule has 0 bridgehead atoms. The maximum absolute atomic E-state index is 12.6. The highest BCUT2D eigenvalue weighted by Gasteiger charge is 2.22. The first-order chi connectivity index (χ1) is 10.7. The molecule has 4 nitrogen and oxygen atoms in total. The van der Waals surface area contributed by atoms with Crippen LogP contribution >= 0.6 is 11.3 Å². The summed E-state index contributed by atoms with van der Waals surface area (Å²) in [5.41, 5.74) is 0.868. The molecule has 1 fully saturated rings. The van der Waals surface area contributed by atoms with Crippen LogP contribution in [0.4, 0.5) is 0 Å². The van der Waals surface area contributed by atoms with E-state index in [1.54, 1.807) is 17.7 Å². The number of hydrogen-bond acceptors (Lipinski definition) is 3. The molecule has 0 unspecified atom stereocenters. The third kappa shape index (κ3) is 1.89. The van der Waals surface area contributed by atoms with Gasteiger partial charge in [0.15, 0.2) is 0 Å². The molecule has 1 aliphatic heterocycles. The van der Waals surface area contributed by atoms with Crippen molar-refractivity contribution in [2.75, 3.05) is 13.1 Å². The lowest BCUT2D eigenvalue weighted by atomic mass is 10.2. The fourth-order valence-corrected chi connectivity index (χ4v) is 4.33. The molecule has 0 spiro atoms. The minimum Gasteiger partial charge on any atom is -0.338 e. The number of nitrogens with zero attached hydrogens (tertiary/aromatic N) is 2. The summed E-state index contributed by atoms with van der Waals surface area (Å²) in [7, 11) is 1.78. The topological polar surface area (TPSA) is 42.3 Å². The van der Waals surface area contributed by atoms with E-state index >= 15 is 0 Å². The Bertz CT molecular complexity index is 948. The van der Waals surface area contributed by atoms with Crippen molar-refractivity contribution < 1.29 is 4.79 Å². The first-order valence-electron chi connectivity index (χ1n) is 7.47. The first-order valence-corrected chi connectivity index (χ1v) is 8.29. The molecule has 4 rings (SSSR count). The lowest BCUT2D eigenvalue weighted by molar-refractivity contribution is 0.0797. The van der Waals surface area contributed by atoms with Crippen LogP contribution in [-0.4, -0.2) is 28.5 Å². The molecule has 1 saturated heterocycles. The first kappa shape index (κ1) is 13.5. The molecule has 3 aromatic rings. The summed E-state index contributed by atoms with van der Waals surface area (Å²) in [4.78, 5) is 27.7. The minimum atomic E-state index is -0.0366. The Balaban J connectivity index is 1.97. The molecule has 112 valence electrons. The van der Waals surface area contributed by atoms with Gasteiger partial charge in [0.2, 0.25) is 0 Å². The summed E-state index contributed by atoms with van der Waals surface area (Å²) in [6.07, 6.45) is 2.14. The molecule has 2 aromatic heterocycles. The summed E-state index contributed by atoms with van der Waals surface area (Å²) in [5, 5.41) is 1.68. The lowest BCUT2D eigenvalue weighted by Crippen LogP contribution is -2.26. The van der Waals surface area contributed by atoms with Crippen molar-refractivity contribution in [3.63, 3.8) is 0 Å². The second-order valence-electron chi connectivity index (χ2n) is 5.73. The van der Waals surface area contributed by atoms with E-state index in [0.29, 0.717) is 10.3 Å². The lowest BCUT2D eigenvalue weighted by Gasteiger charge is -2.13. The average molecular weight is 312 g/mol. The van der Waals surface area contributed by atoms with E-state index in [1.807, 2.05) is 29.2 Å². The van der Waals surface area contributed by atoms with Crippen molar-refractivity contribution in [1.29, 1.82) is 0 Å². The van der Waals surface area contributed by atoms with Crippen molar-refractivity contribution in [2.24, 2.45) is 7.05 Å². The third-order valence-corrected chi connectivity index (χ3v) is 5.54. The fourth-order valence-electron chi connectivity index (χ4n) is 3.18. The number of carbonyl (C=O) groups is 1. The van der Waals surface area contributed by atoms with Crippen molar-refractivity contribution in [3.8, 4) is 0 Å². The number of aryl methyl sites for hydroxylation is 1. The zero-order chi connectivity index (χ0) is 15.3. The van der Waals surface area contributed by atoms with E-state index in [0.717, 1.165) is 41.5 Å². The van der Waals surface area contributed by atoms with Crippen LogP contribution in [0.1, 0.15) is 22.5 Å². The molecule has 0 atom stereocenters. The Labute approximate surface area is 131 Å². The predicted molar refractivity (Wildman–Crippen MR) is 89.7 cm³/mol. The van der Waals surface area contributed by atoms with Gasteiger partial charge in [-0.2, -0.15) is 0 Å². The molecule has 0 aliphatic carbocycles. The Morgan fingerprint density at radius 2 is 1.86 bits per heavy atom. The molecular weight excluding hydrogens is 296 g/mol. The van der Waals surface area contributed by atoms with Gasteiger partial charge in [-0.3, -0.25) is 9.59 Å². The number of carbonyl (C=O) groups excluding carboxylic acids is 1. The SMILES string of the molecule is Cn1c(=O)c2cc(C(=O)N3CCCC3)sc2c2ccccc21. The molecule has 0 saturated carbocycles. The van der Waals surface area contributed by atoms with Crippen LogP contribution in [0.5, 0.6) is 0 Å². The highest BCUT2D eigenvalue weighted by atomic mass is 32.1. The van der Waals surface area contributed by atoms with Crippen LogP contribution in [0.2, 0.25) is 0 Å². The molecular formula is C17H16N2O2S. The number of fused-ring (bicyclic) bond motifs is 3. The highest BCUT2D eigenvalue weighted by molar-refractivity contribution is 7.21. The smallest absolute Gasteiger partial charge is 0.263 e. The average Bonchev–Trinajstić information content (AvgIpc) is 3.21. The number of thiophene rings is 1. The number of amides is 1. The largest absolute Gasteiger partial charge is 0.338 e. The molecule has 0 N–H and O–H groups in total. The molecule has 1 aliphatic rings. The molecule has 3 heterocycles. The summed E-state index contributed by atoms with van der Waals surface area (Å²) >= 11 is 1.44. The maximum Gasteiger partial charge on any atom is 0.263 e. The van der Waals surface area contributed by atoms with Crippen molar-refractivity contribution >= 4 is 38.2 Å². The Kier molecular flexibility index (Phi) is 3.04. The van der Waals surface area contributed by atoms with E-state index in [9.17, 15) is 9.59 Å². The van der Waals surface area contributed by atoms with Crippen LogP contribution in [-0.2, 0) is 7.05 Å². The Morgan fingerprint density at radius 1 is 1.14 bits per heavy atom. The second-order valence-corrected chi connectivity index (χ2v) is 6.79. The quantitative estimate of drug-likeness (QED) is 0.693. The van der Waals surface area contributed by atoms with Gasteiger partial charge in [0.05, 0.1) is 15.8 Å². The van der Waals surface area contributed by atoms with Gasteiger partial charge in [-0.05, 0) is 25.0 Å². The number of hydrogen-bond donors (Lipinski definition) is 0. The third-order valence-electron chi connectivity index (χ3n) is 4.38. The summed E-state index contributed by atoms with van der Waals surface area (Å²) < 4.78 is 2.58. The Morgan fingerprint density at radius 3 is 2.64 bits per heavy atom. The van der Waals surface area contributed by atoms with E-state index in [1.165, 1.54) is 11.3 Å². The van der Waals surface area contributed by atoms with E-state index < -0.39 is 0 Å². The summed E-state index contributed by atoms with van der Waals surface area (Å²) in [6.45, 7) is 1.65. The van der Waals surface area contributed by atoms with Crippen LogP contribution in [0.3, 0.4) is 0 Å². The molecule has 5 heteroatoms. The zero-order valence-electron chi connectivity index (χ0n) is 12.3. The maximum atomic E-state index is 12.6. The number of pyridine rings is 1. The summed E-state index contributed by atoms with van der Waals surface area (Å²) in [5.74, 6) is 0.0600. The van der Waals surface area contributed by atoms with Gasteiger partial charge < -0.3 is 9.47 Å². The molecule has 1 aromatic carbocycles. The predicted octanol–water partition coefficient (Wildman–Crippen LogP) is 2.99. The zero-order valence-corrected chi connectivity index (χ0v) is 13.2. The number of benzene rings is 1. The second kappa shape index (κ2) is 4.95. The number of rotatable bonds is 1. The van der Waals surface area contributed by atoms with Gasteiger partial charge in [0.1, 0.15) is 0 Å². The fraction of sp³-hybridized carbons (Fsp3) is 0.294. The van der Waals surface area contributed by atoms with Crippen LogP contribution in [0.25, 0.3) is 21.0 Å². The van der Waals surface area contributed by atoms with E-state index in [2.05, 4.69) is 0 Å². The van der Waals surface area contributed by atoms with Gasteiger partial charge in [-0.25, -0.2) is 0 Å². The van der Waals surface area contributed by atoms with Crippen LogP contribution in [0.15, 0.2) is 35.1 Å². The molecule has 1 amide bonds. The Hall–Kier alpha value is -2.14.